The third-order valence-corrected chi connectivity index (χ3v) is 5.09. The summed E-state index contributed by atoms with van der Waals surface area (Å²) in [4.78, 5) is 3.37. The van der Waals surface area contributed by atoms with Gasteiger partial charge in [0.15, 0.2) is 14.6 Å². The third-order valence-electron chi connectivity index (χ3n) is 3.63. The van der Waals surface area contributed by atoms with Crippen molar-refractivity contribution in [3.8, 4) is 0 Å². The first-order valence-electron chi connectivity index (χ1n) is 6.38. The van der Waals surface area contributed by atoms with Crippen LogP contribution in [-0.4, -0.2) is 24.2 Å². The van der Waals surface area contributed by atoms with Crippen LogP contribution in [0.3, 0.4) is 0 Å². The van der Waals surface area contributed by atoms with E-state index in [4.69, 9.17) is 12.2 Å². The van der Waals surface area contributed by atoms with E-state index in [1.807, 2.05) is 10.6 Å². The number of aromatic nitrogens is 2. The van der Waals surface area contributed by atoms with Crippen molar-refractivity contribution in [2.75, 3.05) is 6.26 Å². The number of H-pyrrole nitrogens is 1. The van der Waals surface area contributed by atoms with Gasteiger partial charge in [0.25, 0.3) is 0 Å². The highest BCUT2D eigenvalue weighted by Crippen LogP contribution is 2.33. The average molecular weight is 296 g/mol. The summed E-state index contributed by atoms with van der Waals surface area (Å²) in [6.07, 6.45) is 4.96. The monoisotopic (exact) mass is 296 g/mol. The zero-order valence-electron chi connectivity index (χ0n) is 10.7. The van der Waals surface area contributed by atoms with Gasteiger partial charge in [0.1, 0.15) is 0 Å². The van der Waals surface area contributed by atoms with E-state index in [1.54, 1.807) is 12.1 Å². The number of aromatic amines is 1. The fraction of sp³-hybridized carbons (Fsp3) is 0.462. The summed E-state index contributed by atoms with van der Waals surface area (Å²) in [5.41, 5.74) is 1.51. The lowest BCUT2D eigenvalue weighted by Crippen LogP contribution is -2.00. The third kappa shape index (κ3) is 2.47. The predicted octanol–water partition coefficient (Wildman–Crippen LogP) is 2.90. The summed E-state index contributed by atoms with van der Waals surface area (Å²) in [6, 6.07) is 5.31. The quantitative estimate of drug-likeness (QED) is 0.883. The lowest BCUT2D eigenvalue weighted by Gasteiger charge is -2.04. The SMILES string of the molecule is CS(=O)(=O)c1cccc2c1[nH]c(=S)n2CCC1CC1. The van der Waals surface area contributed by atoms with Crippen molar-refractivity contribution >= 4 is 33.1 Å². The minimum atomic E-state index is -3.24. The van der Waals surface area contributed by atoms with Gasteiger partial charge >= 0.3 is 0 Å². The molecule has 2 aromatic rings. The minimum Gasteiger partial charge on any atom is -0.329 e. The van der Waals surface area contributed by atoms with Gasteiger partial charge in [0.05, 0.1) is 15.9 Å². The first-order chi connectivity index (χ1) is 8.97. The summed E-state index contributed by atoms with van der Waals surface area (Å²) >= 11 is 5.32. The molecule has 0 unspecified atom stereocenters. The molecule has 1 heterocycles. The van der Waals surface area contributed by atoms with Gasteiger partial charge in [-0.05, 0) is 36.7 Å². The van der Waals surface area contributed by atoms with Crippen molar-refractivity contribution in [2.45, 2.75) is 30.7 Å². The normalized spacial score (nSPS) is 16.1. The Balaban J connectivity index is 2.13. The fourth-order valence-electron chi connectivity index (χ4n) is 2.40. The largest absolute Gasteiger partial charge is 0.329 e. The van der Waals surface area contributed by atoms with Crippen LogP contribution in [0.25, 0.3) is 11.0 Å². The van der Waals surface area contributed by atoms with Crippen molar-refractivity contribution in [2.24, 2.45) is 5.92 Å². The van der Waals surface area contributed by atoms with Crippen LogP contribution in [-0.2, 0) is 16.4 Å². The van der Waals surface area contributed by atoms with E-state index < -0.39 is 9.84 Å². The van der Waals surface area contributed by atoms with Gasteiger partial charge in [0, 0.05) is 12.8 Å². The van der Waals surface area contributed by atoms with Crippen LogP contribution in [0.15, 0.2) is 23.1 Å². The molecule has 1 aromatic heterocycles. The van der Waals surface area contributed by atoms with Crippen LogP contribution in [0.1, 0.15) is 19.3 Å². The lowest BCUT2D eigenvalue weighted by atomic mass is 10.3. The zero-order valence-corrected chi connectivity index (χ0v) is 12.4. The summed E-state index contributed by atoms with van der Waals surface area (Å²) < 4.78 is 26.2. The molecule has 1 aliphatic carbocycles. The van der Waals surface area contributed by atoms with Crippen molar-refractivity contribution < 1.29 is 8.42 Å². The molecule has 1 fully saturated rings. The summed E-state index contributed by atoms with van der Waals surface area (Å²) in [5, 5.41) is 0. The van der Waals surface area contributed by atoms with Gasteiger partial charge < -0.3 is 9.55 Å². The van der Waals surface area contributed by atoms with Crippen LogP contribution >= 0.6 is 12.2 Å². The highest BCUT2D eigenvalue weighted by molar-refractivity contribution is 7.91. The molecular weight excluding hydrogens is 280 g/mol. The Morgan fingerprint density at radius 2 is 2.16 bits per heavy atom. The molecule has 0 radical (unpaired) electrons. The second-order valence-corrected chi connectivity index (χ2v) is 7.61. The fourth-order valence-corrected chi connectivity index (χ4v) is 3.55. The Labute approximate surface area is 117 Å². The Kier molecular flexibility index (Phi) is 3.02. The Bertz CT molecular complexity index is 783. The van der Waals surface area contributed by atoms with Crippen molar-refractivity contribution in [1.82, 2.24) is 9.55 Å². The van der Waals surface area contributed by atoms with Crippen LogP contribution in [0, 0.1) is 10.7 Å². The second-order valence-electron chi connectivity index (χ2n) is 5.24. The number of hydrogen-bond donors (Lipinski definition) is 1. The first-order valence-corrected chi connectivity index (χ1v) is 8.68. The number of benzene rings is 1. The molecule has 1 saturated carbocycles. The molecule has 0 saturated heterocycles. The average Bonchev–Trinajstić information content (AvgIpc) is 3.08. The lowest BCUT2D eigenvalue weighted by molar-refractivity contribution is 0.602. The maximum atomic E-state index is 11.8. The molecular formula is C13H16N2O2S2. The van der Waals surface area contributed by atoms with E-state index in [0.29, 0.717) is 15.2 Å². The first kappa shape index (κ1) is 12.9. The van der Waals surface area contributed by atoms with E-state index in [2.05, 4.69) is 4.98 Å². The zero-order chi connectivity index (χ0) is 13.6. The van der Waals surface area contributed by atoms with E-state index in [1.165, 1.54) is 19.1 Å². The smallest absolute Gasteiger partial charge is 0.178 e. The number of fused-ring (bicyclic) bond motifs is 1. The van der Waals surface area contributed by atoms with Gasteiger partial charge in [-0.3, -0.25) is 0 Å². The molecule has 0 atom stereocenters. The van der Waals surface area contributed by atoms with Gasteiger partial charge in [0.2, 0.25) is 0 Å². The van der Waals surface area contributed by atoms with E-state index in [-0.39, 0.29) is 0 Å². The number of nitrogens with zero attached hydrogens (tertiary/aromatic N) is 1. The number of nitrogens with one attached hydrogen (secondary N) is 1. The van der Waals surface area contributed by atoms with Crippen molar-refractivity contribution in [3.05, 3.63) is 23.0 Å². The number of sulfone groups is 1. The number of imidazole rings is 1. The molecule has 1 aromatic carbocycles. The van der Waals surface area contributed by atoms with Gasteiger partial charge in [-0.15, -0.1) is 0 Å². The Morgan fingerprint density at radius 1 is 1.42 bits per heavy atom. The summed E-state index contributed by atoms with van der Waals surface area (Å²) in [6.45, 7) is 0.858. The van der Waals surface area contributed by atoms with E-state index >= 15 is 0 Å². The van der Waals surface area contributed by atoms with Gasteiger partial charge in [-0.1, -0.05) is 18.9 Å². The topological polar surface area (TPSA) is 54.9 Å². The van der Waals surface area contributed by atoms with Crippen LogP contribution in [0.5, 0.6) is 0 Å². The Hall–Kier alpha value is -1.14. The van der Waals surface area contributed by atoms with Crippen LogP contribution in [0.2, 0.25) is 0 Å². The molecule has 3 rings (SSSR count). The molecule has 102 valence electrons. The maximum Gasteiger partial charge on any atom is 0.178 e. The number of rotatable bonds is 4. The number of para-hydroxylation sites is 1. The minimum absolute atomic E-state index is 0.321. The van der Waals surface area contributed by atoms with E-state index in [0.717, 1.165) is 24.4 Å². The van der Waals surface area contributed by atoms with Crippen LogP contribution in [0.4, 0.5) is 0 Å². The summed E-state index contributed by atoms with van der Waals surface area (Å²) in [7, 11) is -3.24. The summed E-state index contributed by atoms with van der Waals surface area (Å²) in [5.74, 6) is 0.824. The molecule has 19 heavy (non-hydrogen) atoms. The highest BCUT2D eigenvalue weighted by Gasteiger charge is 2.22. The van der Waals surface area contributed by atoms with E-state index in [9.17, 15) is 8.42 Å². The molecule has 4 nitrogen and oxygen atoms in total. The standard InChI is InChI=1S/C13H16N2O2S2/c1-19(16,17)11-4-2-3-10-12(11)14-13(18)15(10)8-7-9-5-6-9/h2-4,9H,5-8H2,1H3,(H,14,18). The number of hydrogen-bond acceptors (Lipinski definition) is 3. The molecule has 1 N–H and O–H groups in total. The Morgan fingerprint density at radius 3 is 2.79 bits per heavy atom. The molecule has 0 bridgehead atoms. The molecule has 0 amide bonds. The van der Waals surface area contributed by atoms with Gasteiger partial charge in [-0.2, -0.15) is 0 Å². The van der Waals surface area contributed by atoms with Crippen molar-refractivity contribution in [1.29, 1.82) is 0 Å². The van der Waals surface area contributed by atoms with Gasteiger partial charge in [-0.25, -0.2) is 8.42 Å². The molecule has 1 aliphatic rings. The molecule has 6 heteroatoms. The van der Waals surface area contributed by atoms with Crippen molar-refractivity contribution in [3.63, 3.8) is 0 Å². The number of aryl methyl sites for hydroxylation is 1. The molecule has 0 spiro atoms. The molecule has 0 aliphatic heterocycles. The van der Waals surface area contributed by atoms with Crippen LogP contribution < -0.4 is 0 Å². The maximum absolute atomic E-state index is 11.8. The second kappa shape index (κ2) is 4.45. The predicted molar refractivity (Wildman–Crippen MR) is 77.6 cm³/mol. The highest BCUT2D eigenvalue weighted by atomic mass is 32.2.